The minimum absolute atomic E-state index is 0.0181. The van der Waals surface area contributed by atoms with E-state index in [1.54, 1.807) is 0 Å². The smallest absolute Gasteiger partial charge is 0.419 e. The van der Waals surface area contributed by atoms with Gasteiger partial charge in [0, 0.05) is 11.3 Å². The zero-order valence-electron chi connectivity index (χ0n) is 20.5. The third-order valence-electron chi connectivity index (χ3n) is 5.51. The first-order chi connectivity index (χ1) is 17.7. The van der Waals surface area contributed by atoms with Crippen LogP contribution in [0, 0.1) is 6.92 Å². The van der Waals surface area contributed by atoms with Crippen LogP contribution in [-0.2, 0) is 17.5 Å². The minimum atomic E-state index is -4.71. The summed E-state index contributed by atoms with van der Waals surface area (Å²) in [6.07, 6.45) is -0.426. The quantitative estimate of drug-likeness (QED) is 0.240. The molecule has 1 aromatic heterocycles. The maximum atomic E-state index is 13.9. The van der Waals surface area contributed by atoms with E-state index in [1.807, 2.05) is 6.92 Å². The molecule has 3 aromatic rings. The Kier molecular flexibility index (Phi) is 9.48. The van der Waals surface area contributed by atoms with Crippen molar-refractivity contribution >= 4 is 11.7 Å². The van der Waals surface area contributed by atoms with E-state index in [2.05, 4.69) is 15.5 Å². The number of aromatic nitrogens is 3. The van der Waals surface area contributed by atoms with Crippen LogP contribution in [0.25, 0.3) is 0 Å². The number of esters is 1. The third-order valence-corrected chi connectivity index (χ3v) is 5.51. The Balaban J connectivity index is 1.98. The summed E-state index contributed by atoms with van der Waals surface area (Å²) < 4.78 is 52.8. The monoisotopic (exact) mass is 522 g/mol. The van der Waals surface area contributed by atoms with E-state index in [1.165, 1.54) is 48.4 Å². The molecule has 37 heavy (non-hydrogen) atoms. The minimum Gasteiger partial charge on any atom is -0.462 e. The van der Waals surface area contributed by atoms with Crippen LogP contribution in [0.3, 0.4) is 0 Å². The second-order valence-corrected chi connectivity index (χ2v) is 8.30. The number of hydrogen-bond donors (Lipinski definition) is 3. The molecule has 2 aromatic carbocycles. The number of anilines is 1. The molecule has 0 saturated carbocycles. The molecule has 0 bridgehead atoms. The van der Waals surface area contributed by atoms with E-state index in [9.17, 15) is 28.2 Å². The van der Waals surface area contributed by atoms with Crippen LogP contribution in [0.5, 0.6) is 11.5 Å². The van der Waals surface area contributed by atoms with Gasteiger partial charge in [-0.1, -0.05) is 19.4 Å². The third kappa shape index (κ3) is 7.20. The molecule has 0 aliphatic carbocycles. The van der Waals surface area contributed by atoms with Crippen LogP contribution in [-0.4, -0.2) is 57.0 Å². The van der Waals surface area contributed by atoms with Crippen LogP contribution in [0.4, 0.5) is 18.9 Å². The summed E-state index contributed by atoms with van der Waals surface area (Å²) in [5, 5.41) is 29.6. The summed E-state index contributed by atoms with van der Waals surface area (Å²) in [6.45, 7) is 2.84. The van der Waals surface area contributed by atoms with Gasteiger partial charge in [0.2, 0.25) is 0 Å². The van der Waals surface area contributed by atoms with Crippen molar-refractivity contribution in [2.24, 2.45) is 0 Å². The molecule has 0 fully saturated rings. The molecule has 0 aliphatic heterocycles. The standard InChI is InChI=1S/C25H29F3N4O5/c1-3-4-11-36-24(35)23-16(2)21(8-6-20(23)31-18(14-33)15-34)37-22-7-5-17(12-19(22)25(26,27)28)13-32-29-9-10-30-32/h5-10,12,18,31,33-34H,3-4,11,13-15H2,1-2H3. The van der Waals surface area contributed by atoms with Gasteiger partial charge in [-0.05, 0) is 43.2 Å². The number of alkyl halides is 3. The van der Waals surface area contributed by atoms with Gasteiger partial charge in [0.05, 0.1) is 55.9 Å². The number of hydrogen-bond acceptors (Lipinski definition) is 8. The summed E-state index contributed by atoms with van der Waals surface area (Å²) in [5.41, 5.74) is -0.148. The van der Waals surface area contributed by atoms with Gasteiger partial charge in [-0.15, -0.1) is 0 Å². The van der Waals surface area contributed by atoms with Crippen molar-refractivity contribution < 1.29 is 37.7 Å². The molecule has 0 aliphatic rings. The molecule has 0 radical (unpaired) electrons. The van der Waals surface area contributed by atoms with Crippen molar-refractivity contribution in [1.82, 2.24) is 15.0 Å². The highest BCUT2D eigenvalue weighted by Gasteiger charge is 2.35. The van der Waals surface area contributed by atoms with Crippen LogP contribution in [0.1, 0.15) is 46.8 Å². The molecule has 1 heterocycles. The molecular weight excluding hydrogens is 493 g/mol. The molecule has 0 atom stereocenters. The van der Waals surface area contributed by atoms with E-state index in [-0.39, 0.29) is 35.7 Å². The largest absolute Gasteiger partial charge is 0.462 e. The molecule has 3 N–H and O–H groups in total. The van der Waals surface area contributed by atoms with Gasteiger partial charge >= 0.3 is 12.1 Å². The van der Waals surface area contributed by atoms with Crippen molar-refractivity contribution in [3.05, 3.63) is 65.0 Å². The van der Waals surface area contributed by atoms with Gasteiger partial charge < -0.3 is 25.0 Å². The van der Waals surface area contributed by atoms with Crippen molar-refractivity contribution in [2.45, 2.75) is 45.5 Å². The zero-order chi connectivity index (χ0) is 27.0. The fraction of sp³-hybridized carbons (Fsp3) is 0.400. The number of nitrogens with zero attached hydrogens (tertiary/aromatic N) is 3. The molecule has 0 unspecified atom stereocenters. The van der Waals surface area contributed by atoms with Crippen LogP contribution < -0.4 is 10.1 Å². The van der Waals surface area contributed by atoms with Crippen molar-refractivity contribution in [1.29, 1.82) is 0 Å². The summed E-state index contributed by atoms with van der Waals surface area (Å²) in [7, 11) is 0. The molecule has 9 nitrogen and oxygen atoms in total. The molecule has 0 amide bonds. The Labute approximate surface area is 211 Å². The fourth-order valence-electron chi connectivity index (χ4n) is 3.53. The molecule has 3 rings (SSSR count). The number of carbonyl (C=O) groups is 1. The van der Waals surface area contributed by atoms with Crippen molar-refractivity contribution in [3.8, 4) is 11.5 Å². The Hall–Kier alpha value is -3.64. The van der Waals surface area contributed by atoms with E-state index < -0.39 is 42.7 Å². The van der Waals surface area contributed by atoms with Crippen molar-refractivity contribution in [3.63, 3.8) is 0 Å². The SMILES string of the molecule is CCCCOC(=O)c1c(NC(CO)CO)ccc(Oc2ccc(Cn3nccn3)cc2C(F)(F)F)c1C. The maximum absolute atomic E-state index is 13.9. The van der Waals surface area contributed by atoms with Gasteiger partial charge in [0.1, 0.15) is 11.5 Å². The van der Waals surface area contributed by atoms with Crippen LogP contribution in [0.15, 0.2) is 42.7 Å². The van der Waals surface area contributed by atoms with Crippen molar-refractivity contribution in [2.75, 3.05) is 25.1 Å². The molecular formula is C25H29F3N4O5. The van der Waals surface area contributed by atoms with Gasteiger partial charge in [0.15, 0.2) is 0 Å². The number of ether oxygens (including phenoxy) is 2. The summed E-state index contributed by atoms with van der Waals surface area (Å²) in [4.78, 5) is 14.2. The Morgan fingerprint density at radius 2 is 1.78 bits per heavy atom. The number of aliphatic hydroxyl groups is 2. The lowest BCUT2D eigenvalue weighted by Gasteiger charge is -2.21. The fourth-order valence-corrected chi connectivity index (χ4v) is 3.53. The lowest BCUT2D eigenvalue weighted by molar-refractivity contribution is -0.138. The normalized spacial score (nSPS) is 11.6. The average Bonchev–Trinajstić information content (AvgIpc) is 3.37. The van der Waals surface area contributed by atoms with Crippen LogP contribution >= 0.6 is 0 Å². The van der Waals surface area contributed by atoms with Gasteiger partial charge in [-0.25, -0.2) is 4.79 Å². The predicted octanol–water partition coefficient (Wildman–Crippen LogP) is 4.17. The molecule has 200 valence electrons. The molecule has 12 heteroatoms. The number of rotatable bonds is 12. The van der Waals surface area contributed by atoms with Gasteiger partial charge in [-0.3, -0.25) is 0 Å². The number of aliphatic hydroxyl groups excluding tert-OH is 2. The lowest BCUT2D eigenvalue weighted by Crippen LogP contribution is -2.29. The highest BCUT2D eigenvalue weighted by molar-refractivity contribution is 5.98. The number of benzene rings is 2. The Morgan fingerprint density at radius 1 is 1.11 bits per heavy atom. The highest BCUT2D eigenvalue weighted by Crippen LogP contribution is 2.40. The van der Waals surface area contributed by atoms with Gasteiger partial charge in [0.25, 0.3) is 0 Å². The first kappa shape index (κ1) is 27.9. The first-order valence-corrected chi connectivity index (χ1v) is 11.7. The Morgan fingerprint density at radius 3 is 2.41 bits per heavy atom. The van der Waals surface area contributed by atoms with Crippen LogP contribution in [0.2, 0.25) is 0 Å². The predicted molar refractivity (Wildman–Crippen MR) is 129 cm³/mol. The second-order valence-electron chi connectivity index (χ2n) is 8.30. The van der Waals surface area contributed by atoms with E-state index in [4.69, 9.17) is 9.47 Å². The van der Waals surface area contributed by atoms with Gasteiger partial charge in [-0.2, -0.15) is 28.2 Å². The maximum Gasteiger partial charge on any atom is 0.419 e. The summed E-state index contributed by atoms with van der Waals surface area (Å²) >= 11 is 0. The average molecular weight is 523 g/mol. The Bertz CT molecular complexity index is 1180. The number of nitrogens with one attached hydrogen (secondary N) is 1. The zero-order valence-corrected chi connectivity index (χ0v) is 20.5. The lowest BCUT2D eigenvalue weighted by atomic mass is 10.0. The number of carbonyl (C=O) groups excluding carboxylic acids is 1. The van der Waals surface area contributed by atoms with E-state index in [0.29, 0.717) is 12.0 Å². The molecule has 0 spiro atoms. The number of halogens is 3. The summed E-state index contributed by atoms with van der Waals surface area (Å²) in [5.74, 6) is -1.13. The van der Waals surface area contributed by atoms with E-state index in [0.717, 1.165) is 12.5 Å². The summed E-state index contributed by atoms with van der Waals surface area (Å²) in [6, 6.07) is 5.74. The second kappa shape index (κ2) is 12.5. The highest BCUT2D eigenvalue weighted by atomic mass is 19.4. The first-order valence-electron chi connectivity index (χ1n) is 11.7. The number of unbranched alkanes of at least 4 members (excludes halogenated alkanes) is 1. The topological polar surface area (TPSA) is 119 Å². The van der Waals surface area contributed by atoms with E-state index >= 15 is 0 Å². The molecule has 0 saturated heterocycles.